The number of hydrogen-bond donors (Lipinski definition) is 0. The summed E-state index contributed by atoms with van der Waals surface area (Å²) in [5.74, 6) is 0.953. The summed E-state index contributed by atoms with van der Waals surface area (Å²) in [7, 11) is 0. The molecule has 0 aliphatic heterocycles. The number of aromatic nitrogens is 3. The third kappa shape index (κ3) is 2.62. The SMILES string of the molecule is CCCC[Se]c1nc(-c2ccccn2)n2ccccc12. The predicted octanol–water partition coefficient (Wildman–Crippen LogP) is 2.94. The molecule has 3 nitrogen and oxygen atoms in total. The number of unbranched alkanes of at least 4 members (excludes halogenated alkanes) is 1. The molecule has 0 N–H and O–H groups in total. The van der Waals surface area contributed by atoms with Crippen molar-refractivity contribution in [3.05, 3.63) is 48.8 Å². The van der Waals surface area contributed by atoms with E-state index in [1.165, 1.54) is 28.3 Å². The zero-order valence-electron chi connectivity index (χ0n) is 11.5. The van der Waals surface area contributed by atoms with Gasteiger partial charge in [0.15, 0.2) is 0 Å². The summed E-state index contributed by atoms with van der Waals surface area (Å²) in [6, 6.07) is 12.2. The van der Waals surface area contributed by atoms with E-state index < -0.39 is 0 Å². The fourth-order valence-electron chi connectivity index (χ4n) is 2.10. The summed E-state index contributed by atoms with van der Waals surface area (Å²) in [5, 5.41) is 1.26. The van der Waals surface area contributed by atoms with Crippen molar-refractivity contribution >= 4 is 25.1 Å². The Labute approximate surface area is 125 Å². The van der Waals surface area contributed by atoms with Gasteiger partial charge in [0.05, 0.1) is 0 Å². The van der Waals surface area contributed by atoms with Gasteiger partial charge in [-0.3, -0.25) is 0 Å². The monoisotopic (exact) mass is 331 g/mol. The van der Waals surface area contributed by atoms with Gasteiger partial charge in [0, 0.05) is 0 Å². The number of imidazole rings is 1. The number of rotatable bonds is 5. The van der Waals surface area contributed by atoms with Crippen LogP contribution in [-0.2, 0) is 0 Å². The van der Waals surface area contributed by atoms with Crippen molar-refractivity contribution in [3.8, 4) is 11.5 Å². The summed E-state index contributed by atoms with van der Waals surface area (Å²) >= 11 is 0.440. The van der Waals surface area contributed by atoms with Crippen LogP contribution in [0.25, 0.3) is 17.0 Å². The summed E-state index contributed by atoms with van der Waals surface area (Å²) in [6.07, 6.45) is 6.43. The Morgan fingerprint density at radius 1 is 1.15 bits per heavy atom. The molecule has 0 unspecified atom stereocenters. The molecular weight excluding hydrogens is 313 g/mol. The Hall–Kier alpha value is -1.64. The van der Waals surface area contributed by atoms with Crippen molar-refractivity contribution < 1.29 is 0 Å². The normalized spacial score (nSPS) is 11.1. The van der Waals surface area contributed by atoms with Crippen LogP contribution in [0.3, 0.4) is 0 Å². The van der Waals surface area contributed by atoms with Gasteiger partial charge >= 0.3 is 125 Å². The molecule has 102 valence electrons. The fourth-order valence-corrected chi connectivity index (χ4v) is 4.39. The first-order valence-electron chi connectivity index (χ1n) is 6.91. The minimum atomic E-state index is 0.440. The Bertz CT molecular complexity index is 691. The van der Waals surface area contributed by atoms with Crippen LogP contribution in [-0.4, -0.2) is 29.3 Å². The Morgan fingerprint density at radius 3 is 2.85 bits per heavy atom. The van der Waals surface area contributed by atoms with Gasteiger partial charge in [-0.15, -0.1) is 0 Å². The first kappa shape index (κ1) is 13.3. The zero-order valence-corrected chi connectivity index (χ0v) is 13.2. The van der Waals surface area contributed by atoms with E-state index in [0.717, 1.165) is 11.5 Å². The standard InChI is InChI=1S/C16H17N3Se/c1-2-3-12-20-16-14-9-5-7-11-19(14)15(18-16)13-8-4-6-10-17-13/h4-11H,2-3,12H2,1H3. The molecule has 0 saturated carbocycles. The maximum atomic E-state index is 4.86. The summed E-state index contributed by atoms with van der Waals surface area (Å²) in [4.78, 5) is 9.29. The molecular formula is C16H17N3Se. The quantitative estimate of drug-likeness (QED) is 0.532. The molecule has 0 aromatic carbocycles. The third-order valence-electron chi connectivity index (χ3n) is 3.15. The molecule has 0 amide bonds. The Kier molecular flexibility index (Phi) is 4.14. The molecule has 4 heteroatoms. The van der Waals surface area contributed by atoms with Crippen molar-refractivity contribution in [2.75, 3.05) is 0 Å². The number of pyridine rings is 2. The summed E-state index contributed by atoms with van der Waals surface area (Å²) in [5.41, 5.74) is 2.16. The number of fused-ring (bicyclic) bond motifs is 1. The maximum absolute atomic E-state index is 4.86. The molecule has 0 bridgehead atoms. The van der Waals surface area contributed by atoms with Crippen LogP contribution < -0.4 is 4.59 Å². The Balaban J connectivity index is 2.05. The zero-order chi connectivity index (χ0) is 13.8. The van der Waals surface area contributed by atoms with Crippen molar-refractivity contribution in [2.24, 2.45) is 0 Å². The number of nitrogens with zero attached hydrogens (tertiary/aromatic N) is 3. The second-order valence-electron chi connectivity index (χ2n) is 4.61. The average Bonchev–Trinajstić information content (AvgIpc) is 2.88. The van der Waals surface area contributed by atoms with Gasteiger partial charge < -0.3 is 0 Å². The van der Waals surface area contributed by atoms with Gasteiger partial charge in [0.2, 0.25) is 0 Å². The fraction of sp³-hybridized carbons (Fsp3) is 0.250. The topological polar surface area (TPSA) is 30.2 Å². The molecule has 3 aromatic heterocycles. The average molecular weight is 330 g/mol. The molecule has 3 rings (SSSR count). The molecule has 0 aliphatic rings. The van der Waals surface area contributed by atoms with E-state index in [2.05, 4.69) is 34.6 Å². The van der Waals surface area contributed by atoms with Gasteiger partial charge in [-0.05, 0) is 0 Å². The van der Waals surface area contributed by atoms with E-state index in [9.17, 15) is 0 Å². The third-order valence-corrected chi connectivity index (χ3v) is 5.38. The molecule has 20 heavy (non-hydrogen) atoms. The molecule has 0 aliphatic carbocycles. The molecule has 0 atom stereocenters. The minimum absolute atomic E-state index is 0.440. The van der Waals surface area contributed by atoms with Gasteiger partial charge in [-0.25, -0.2) is 0 Å². The van der Waals surface area contributed by atoms with Crippen molar-refractivity contribution in [2.45, 2.75) is 25.1 Å². The molecule has 3 aromatic rings. The predicted molar refractivity (Wildman–Crippen MR) is 83.5 cm³/mol. The van der Waals surface area contributed by atoms with Gasteiger partial charge in [0.1, 0.15) is 0 Å². The van der Waals surface area contributed by atoms with Crippen molar-refractivity contribution in [1.29, 1.82) is 0 Å². The van der Waals surface area contributed by atoms with E-state index in [1.807, 2.05) is 30.5 Å². The van der Waals surface area contributed by atoms with E-state index in [1.54, 1.807) is 0 Å². The van der Waals surface area contributed by atoms with Crippen LogP contribution in [0.15, 0.2) is 48.8 Å². The van der Waals surface area contributed by atoms with Gasteiger partial charge in [0.25, 0.3) is 0 Å². The summed E-state index contributed by atoms with van der Waals surface area (Å²) in [6.45, 7) is 2.24. The number of hydrogen-bond acceptors (Lipinski definition) is 2. The van der Waals surface area contributed by atoms with Crippen LogP contribution in [0, 0.1) is 0 Å². The van der Waals surface area contributed by atoms with Crippen LogP contribution in [0.1, 0.15) is 19.8 Å². The Morgan fingerprint density at radius 2 is 2.05 bits per heavy atom. The van der Waals surface area contributed by atoms with E-state index in [-0.39, 0.29) is 0 Å². The van der Waals surface area contributed by atoms with Crippen LogP contribution in [0.5, 0.6) is 0 Å². The first-order chi connectivity index (χ1) is 9.90. The van der Waals surface area contributed by atoms with E-state index in [0.29, 0.717) is 15.0 Å². The van der Waals surface area contributed by atoms with E-state index >= 15 is 0 Å². The van der Waals surface area contributed by atoms with Crippen molar-refractivity contribution in [3.63, 3.8) is 0 Å². The second kappa shape index (κ2) is 6.21. The molecule has 0 spiro atoms. The molecule has 0 saturated heterocycles. The molecule has 0 fully saturated rings. The van der Waals surface area contributed by atoms with Crippen molar-refractivity contribution in [1.82, 2.24) is 14.4 Å². The molecule has 0 radical (unpaired) electrons. The molecule has 3 heterocycles. The second-order valence-corrected chi connectivity index (χ2v) is 6.89. The van der Waals surface area contributed by atoms with E-state index in [4.69, 9.17) is 4.98 Å². The van der Waals surface area contributed by atoms with Gasteiger partial charge in [-0.1, -0.05) is 0 Å². The van der Waals surface area contributed by atoms with Gasteiger partial charge in [-0.2, -0.15) is 0 Å². The van der Waals surface area contributed by atoms with Crippen LogP contribution in [0.2, 0.25) is 5.32 Å². The van der Waals surface area contributed by atoms with Crippen LogP contribution >= 0.6 is 0 Å². The van der Waals surface area contributed by atoms with Crippen LogP contribution in [0.4, 0.5) is 0 Å². The first-order valence-corrected chi connectivity index (χ1v) is 8.98. The summed E-state index contributed by atoms with van der Waals surface area (Å²) < 4.78 is 3.40.